The maximum Gasteiger partial charge on any atom is 0.306 e. The van der Waals surface area contributed by atoms with Gasteiger partial charge in [0.05, 0.1) is 23.5 Å². The van der Waals surface area contributed by atoms with E-state index in [9.17, 15) is 24.8 Å². The molecule has 0 bridgehead atoms. The number of hydrogen-bond donors (Lipinski definition) is 1. The molecule has 10 atom stereocenters. The van der Waals surface area contributed by atoms with Crippen LogP contribution in [0.25, 0.3) is 0 Å². The number of nitrogens with zero attached hydrogens (tertiary/aromatic N) is 1. The van der Waals surface area contributed by atoms with Crippen molar-refractivity contribution in [3.63, 3.8) is 0 Å². The summed E-state index contributed by atoms with van der Waals surface area (Å²) in [5.74, 6) is -1.19. The third-order valence-electron chi connectivity index (χ3n) is 11.0. The van der Waals surface area contributed by atoms with Crippen molar-refractivity contribution >= 4 is 17.5 Å². The average Bonchev–Trinajstić information content (AvgIpc) is 3.21. The molecule has 0 unspecified atom stereocenters. The van der Waals surface area contributed by atoms with Crippen LogP contribution in [0.3, 0.4) is 0 Å². The lowest BCUT2D eigenvalue weighted by molar-refractivity contribution is -0.249. The summed E-state index contributed by atoms with van der Waals surface area (Å²) in [6.45, 7) is 4.24. The Labute approximate surface area is 176 Å². The molecule has 1 heterocycles. The second-order valence-corrected chi connectivity index (χ2v) is 11.5. The smallest absolute Gasteiger partial charge is 0.306 e. The monoisotopic (exact) mass is 411 g/mol. The van der Waals surface area contributed by atoms with Crippen molar-refractivity contribution < 1.29 is 24.2 Å². The Balaban J connectivity index is 1.46. The van der Waals surface area contributed by atoms with E-state index in [4.69, 9.17) is 4.74 Å². The van der Waals surface area contributed by atoms with Gasteiger partial charge in [-0.2, -0.15) is 5.26 Å². The molecule has 1 N–H and O–H groups in total. The largest absolute Gasteiger partial charge is 0.458 e. The number of hydrogen-bond acceptors (Lipinski definition) is 6. The Morgan fingerprint density at radius 1 is 1.10 bits per heavy atom. The van der Waals surface area contributed by atoms with Crippen LogP contribution in [0, 0.1) is 57.2 Å². The van der Waals surface area contributed by atoms with E-state index in [0.717, 1.165) is 12.8 Å². The van der Waals surface area contributed by atoms with Gasteiger partial charge >= 0.3 is 5.97 Å². The molecule has 6 fully saturated rings. The van der Waals surface area contributed by atoms with Gasteiger partial charge in [0.25, 0.3) is 0 Å². The van der Waals surface area contributed by atoms with Crippen LogP contribution in [0.4, 0.5) is 0 Å². The summed E-state index contributed by atoms with van der Waals surface area (Å²) in [6.07, 6.45) is 4.30. The zero-order valence-electron chi connectivity index (χ0n) is 17.6. The summed E-state index contributed by atoms with van der Waals surface area (Å²) in [5.41, 5.74) is -2.30. The first kappa shape index (κ1) is 19.0. The first-order valence-electron chi connectivity index (χ1n) is 11.5. The van der Waals surface area contributed by atoms with E-state index < -0.39 is 34.4 Å². The molecule has 1 spiro atoms. The standard InChI is InChI=1S/C24H29NO5/c1-21-6-4-15(26)19-20(29)14(24(19,21)11-25)9-12-13-3-7-23(8-5-17(28)30-23)22(13,2)10-16(27)18(12)21/h12-14,16,18-19,27H,3-10H2,1-2H3/t12-,13-,14+,16+,18+,19-,21+,22-,23+,24+/m0/s1. The molecule has 6 heteroatoms. The molecular weight excluding hydrogens is 382 g/mol. The summed E-state index contributed by atoms with van der Waals surface area (Å²) in [6, 6.07) is 2.48. The SMILES string of the molecule is C[C@]12C[C@@H](O)[C@H]3[C@@H](C[C@@H]4C(=O)[C@@H]5C(=O)CC[C@@]3(C)[C@@]54C#N)[C@@H]1CC[C@@]21CCC(=O)O1. The van der Waals surface area contributed by atoms with Gasteiger partial charge in [-0.05, 0) is 61.7 Å². The molecule has 0 radical (unpaired) electrons. The number of ether oxygens (including phenoxy) is 1. The maximum atomic E-state index is 13.0. The second-order valence-electron chi connectivity index (χ2n) is 11.5. The van der Waals surface area contributed by atoms with E-state index in [2.05, 4.69) is 19.9 Å². The average molecular weight is 411 g/mol. The Kier molecular flexibility index (Phi) is 3.39. The Bertz CT molecular complexity index is 938. The molecule has 6 aliphatic rings. The number of nitriles is 1. The molecule has 0 aromatic carbocycles. The Morgan fingerprint density at radius 3 is 2.53 bits per heavy atom. The van der Waals surface area contributed by atoms with Gasteiger partial charge < -0.3 is 9.84 Å². The molecule has 6 rings (SSSR count). The van der Waals surface area contributed by atoms with Crippen LogP contribution >= 0.6 is 0 Å². The van der Waals surface area contributed by atoms with Crippen molar-refractivity contribution in [1.82, 2.24) is 0 Å². The van der Waals surface area contributed by atoms with E-state index in [1.807, 2.05) is 0 Å². The molecule has 0 aromatic heterocycles. The Morgan fingerprint density at radius 2 is 1.87 bits per heavy atom. The molecule has 0 aromatic rings. The molecule has 1 aliphatic heterocycles. The maximum absolute atomic E-state index is 13.0. The van der Waals surface area contributed by atoms with Crippen molar-refractivity contribution in [3.05, 3.63) is 0 Å². The molecule has 6 nitrogen and oxygen atoms in total. The van der Waals surface area contributed by atoms with E-state index in [-0.39, 0.29) is 40.7 Å². The van der Waals surface area contributed by atoms with E-state index in [1.165, 1.54) is 0 Å². The highest BCUT2D eigenvalue weighted by Crippen LogP contribution is 2.77. The van der Waals surface area contributed by atoms with Crippen molar-refractivity contribution in [2.75, 3.05) is 0 Å². The van der Waals surface area contributed by atoms with Crippen LogP contribution in [0.15, 0.2) is 0 Å². The number of aliphatic hydroxyl groups is 1. The van der Waals surface area contributed by atoms with E-state index >= 15 is 0 Å². The quantitative estimate of drug-likeness (QED) is 0.485. The zero-order valence-corrected chi connectivity index (χ0v) is 17.6. The summed E-state index contributed by atoms with van der Waals surface area (Å²) < 4.78 is 5.94. The fraction of sp³-hybridized carbons (Fsp3) is 0.833. The number of rotatable bonds is 0. The number of Topliss-reactive ketones (excluding diaryl/α,β-unsaturated/α-hetero) is 2. The lowest BCUT2D eigenvalue weighted by Gasteiger charge is -2.71. The fourth-order valence-corrected chi connectivity index (χ4v) is 9.78. The molecule has 5 aliphatic carbocycles. The van der Waals surface area contributed by atoms with Gasteiger partial charge in [-0.3, -0.25) is 14.4 Å². The predicted molar refractivity (Wildman–Crippen MR) is 103 cm³/mol. The van der Waals surface area contributed by atoms with Crippen molar-refractivity contribution in [1.29, 1.82) is 5.26 Å². The number of aliphatic hydroxyl groups excluding tert-OH is 1. The van der Waals surface area contributed by atoms with Gasteiger partial charge in [-0.1, -0.05) is 13.8 Å². The van der Waals surface area contributed by atoms with Crippen LogP contribution in [-0.4, -0.2) is 34.3 Å². The van der Waals surface area contributed by atoms with Crippen LogP contribution in [0.2, 0.25) is 0 Å². The lowest BCUT2D eigenvalue weighted by Crippen LogP contribution is -2.76. The number of ketones is 2. The van der Waals surface area contributed by atoms with Gasteiger partial charge in [-0.15, -0.1) is 0 Å². The highest BCUT2D eigenvalue weighted by Gasteiger charge is 2.81. The highest BCUT2D eigenvalue weighted by atomic mass is 16.6. The minimum atomic E-state index is -0.953. The zero-order chi connectivity index (χ0) is 21.3. The minimum absolute atomic E-state index is 0.0484. The van der Waals surface area contributed by atoms with Gasteiger partial charge in [-0.25, -0.2) is 0 Å². The lowest BCUT2D eigenvalue weighted by atomic mass is 9.29. The number of fused-ring (bicyclic) bond motifs is 5. The third kappa shape index (κ3) is 1.70. The van der Waals surface area contributed by atoms with Crippen molar-refractivity contribution in [2.24, 2.45) is 45.8 Å². The van der Waals surface area contributed by atoms with Crippen LogP contribution < -0.4 is 0 Å². The first-order valence-corrected chi connectivity index (χ1v) is 11.5. The van der Waals surface area contributed by atoms with Crippen molar-refractivity contribution in [2.45, 2.75) is 76.9 Å². The van der Waals surface area contributed by atoms with Gasteiger partial charge in [0, 0.05) is 24.2 Å². The van der Waals surface area contributed by atoms with Gasteiger partial charge in [0.15, 0.2) is 0 Å². The second kappa shape index (κ2) is 5.35. The molecule has 160 valence electrons. The topological polar surface area (TPSA) is 104 Å². The van der Waals surface area contributed by atoms with Crippen LogP contribution in [0.1, 0.15) is 65.2 Å². The predicted octanol–water partition coefficient (Wildman–Crippen LogP) is 2.57. The van der Waals surface area contributed by atoms with Gasteiger partial charge in [0.1, 0.15) is 17.2 Å². The summed E-state index contributed by atoms with van der Waals surface area (Å²) in [5, 5.41) is 21.8. The minimum Gasteiger partial charge on any atom is -0.458 e. The van der Waals surface area contributed by atoms with E-state index in [0.29, 0.717) is 38.5 Å². The number of carbonyl (C=O) groups excluding carboxylic acids is 3. The van der Waals surface area contributed by atoms with Crippen LogP contribution in [-0.2, 0) is 19.1 Å². The molecule has 5 saturated carbocycles. The third-order valence-corrected chi connectivity index (χ3v) is 11.0. The fourth-order valence-electron chi connectivity index (χ4n) is 9.78. The summed E-state index contributed by atoms with van der Waals surface area (Å²) in [7, 11) is 0. The van der Waals surface area contributed by atoms with E-state index in [1.54, 1.807) is 0 Å². The highest BCUT2D eigenvalue weighted by molar-refractivity contribution is 6.11. The van der Waals surface area contributed by atoms with Crippen LogP contribution in [0.5, 0.6) is 0 Å². The molecule has 30 heavy (non-hydrogen) atoms. The van der Waals surface area contributed by atoms with Gasteiger partial charge in [0.2, 0.25) is 0 Å². The Hall–Kier alpha value is -1.74. The van der Waals surface area contributed by atoms with Crippen molar-refractivity contribution in [3.8, 4) is 6.07 Å². The number of esters is 1. The first-order chi connectivity index (χ1) is 14.2. The summed E-state index contributed by atoms with van der Waals surface area (Å²) in [4.78, 5) is 37.7. The normalized spacial score (nSPS) is 58.4. The molecular formula is C24H29NO5. The number of carbonyl (C=O) groups is 3. The molecule has 0 amide bonds. The molecule has 1 saturated heterocycles. The summed E-state index contributed by atoms with van der Waals surface area (Å²) >= 11 is 0.